The number of hydrogen-bond donors (Lipinski definition) is 3. The summed E-state index contributed by atoms with van der Waals surface area (Å²) in [7, 11) is 1.55. The van der Waals surface area contributed by atoms with Gasteiger partial charge >= 0.3 is 7.82 Å². The van der Waals surface area contributed by atoms with Gasteiger partial charge in [0.1, 0.15) is 13.2 Å². The van der Waals surface area contributed by atoms with Gasteiger partial charge in [-0.1, -0.05) is 317 Å². The maximum Gasteiger partial charge on any atom is 0.472 e. The molecule has 82 heavy (non-hydrogen) atoms. The zero-order chi connectivity index (χ0) is 59.8. The maximum absolute atomic E-state index is 13.0. The van der Waals surface area contributed by atoms with Gasteiger partial charge in [0.05, 0.1) is 39.9 Å². The molecule has 3 atom stereocenters. The van der Waals surface area contributed by atoms with Gasteiger partial charge in [0.2, 0.25) is 5.91 Å². The highest BCUT2D eigenvalue weighted by molar-refractivity contribution is 7.47. The third-order valence-corrected chi connectivity index (χ3v) is 16.6. The van der Waals surface area contributed by atoms with Gasteiger partial charge in [-0.05, 0) is 83.5 Å². The Morgan fingerprint density at radius 2 is 0.744 bits per heavy atom. The molecule has 0 radical (unpaired) electrons. The fourth-order valence-electron chi connectivity index (χ4n) is 10.2. The van der Waals surface area contributed by atoms with Gasteiger partial charge in [-0.2, -0.15) is 0 Å². The molecule has 0 heterocycles. The van der Waals surface area contributed by atoms with E-state index in [1.165, 1.54) is 231 Å². The highest BCUT2D eigenvalue weighted by atomic mass is 31.2. The van der Waals surface area contributed by atoms with Crippen LogP contribution in [0.4, 0.5) is 0 Å². The van der Waals surface area contributed by atoms with E-state index in [1.54, 1.807) is 6.08 Å². The van der Waals surface area contributed by atoms with Gasteiger partial charge in [0, 0.05) is 6.42 Å². The van der Waals surface area contributed by atoms with Crippen molar-refractivity contribution in [3.8, 4) is 0 Å². The predicted molar refractivity (Wildman–Crippen MR) is 360 cm³/mol. The van der Waals surface area contributed by atoms with Crippen LogP contribution < -0.4 is 5.32 Å². The highest BCUT2D eigenvalue weighted by Crippen LogP contribution is 2.43. The fourth-order valence-corrected chi connectivity index (χ4v) is 10.9. The number of unbranched alkanes of at least 4 members (excludes halogenated alkanes) is 39. The Morgan fingerprint density at radius 3 is 1.12 bits per heavy atom. The lowest BCUT2D eigenvalue weighted by molar-refractivity contribution is -0.870. The SMILES string of the molecule is CC/C=C\C/C=C\C/C=C\C/C=C\CCCCCCCCCCCCCCCCCCCCCCCCCCC(=O)NC(COP(=O)(O)OCC[N+](C)(C)C)C(O)/C=C/CC/C=C/CC/C=C/CCCCCCCCCCCCCCC. The first-order valence-electron chi connectivity index (χ1n) is 35.0. The third-order valence-electron chi connectivity index (χ3n) is 15.6. The second-order valence-corrected chi connectivity index (χ2v) is 26.3. The van der Waals surface area contributed by atoms with Crippen LogP contribution in [0.25, 0.3) is 0 Å². The second kappa shape index (κ2) is 63.2. The number of rotatable bonds is 64. The number of phosphoric acid groups is 1. The summed E-state index contributed by atoms with van der Waals surface area (Å²) in [6.45, 7) is 4.71. The average molecular weight is 1170 g/mol. The quantitative estimate of drug-likeness (QED) is 0.0243. The normalized spacial score (nSPS) is 14.2. The van der Waals surface area contributed by atoms with Gasteiger partial charge < -0.3 is 19.8 Å². The molecule has 3 unspecified atom stereocenters. The number of allylic oxidation sites excluding steroid dienone is 13. The van der Waals surface area contributed by atoms with Gasteiger partial charge in [-0.3, -0.25) is 13.8 Å². The monoisotopic (exact) mass is 1170 g/mol. The van der Waals surface area contributed by atoms with Gasteiger partial charge in [0.25, 0.3) is 0 Å². The first kappa shape index (κ1) is 79.7. The molecule has 8 nitrogen and oxygen atoms in total. The largest absolute Gasteiger partial charge is 0.472 e. The summed E-state index contributed by atoms with van der Waals surface area (Å²) < 4.78 is 23.8. The van der Waals surface area contributed by atoms with Crippen LogP contribution in [-0.4, -0.2) is 73.4 Å². The van der Waals surface area contributed by atoms with E-state index in [9.17, 15) is 19.4 Å². The number of carbonyl (C=O) groups is 1. The third kappa shape index (κ3) is 65.2. The molecule has 0 aromatic heterocycles. The highest BCUT2D eigenvalue weighted by Gasteiger charge is 2.28. The number of aliphatic hydroxyl groups is 1. The van der Waals surface area contributed by atoms with Crippen molar-refractivity contribution < 1.29 is 32.9 Å². The van der Waals surface area contributed by atoms with Gasteiger partial charge in [-0.25, -0.2) is 4.57 Å². The number of aliphatic hydroxyl groups excluding tert-OH is 1. The molecular weight excluding hydrogens is 1030 g/mol. The topological polar surface area (TPSA) is 105 Å². The van der Waals surface area contributed by atoms with Gasteiger partial charge in [0.15, 0.2) is 0 Å². The van der Waals surface area contributed by atoms with Crippen LogP contribution in [0.15, 0.2) is 85.1 Å². The molecule has 0 aromatic rings. The Bertz CT molecular complexity index is 1610. The Balaban J connectivity index is 4.04. The van der Waals surface area contributed by atoms with Crippen LogP contribution in [0.3, 0.4) is 0 Å². The molecule has 3 N–H and O–H groups in total. The summed E-state index contributed by atoms with van der Waals surface area (Å²) in [5.74, 6) is -0.187. The number of nitrogens with one attached hydrogen (secondary N) is 1. The lowest BCUT2D eigenvalue weighted by Crippen LogP contribution is -2.45. The summed E-state index contributed by atoms with van der Waals surface area (Å²) in [4.78, 5) is 23.4. The molecule has 0 saturated heterocycles. The van der Waals surface area contributed by atoms with Crippen molar-refractivity contribution in [2.24, 2.45) is 0 Å². The van der Waals surface area contributed by atoms with Crippen molar-refractivity contribution in [2.45, 2.75) is 334 Å². The van der Waals surface area contributed by atoms with Gasteiger partial charge in [-0.15, -0.1) is 0 Å². The molecule has 0 spiro atoms. The van der Waals surface area contributed by atoms with Crippen LogP contribution in [0.5, 0.6) is 0 Å². The van der Waals surface area contributed by atoms with Crippen LogP contribution in [0, 0.1) is 0 Å². The number of likely N-dealkylation sites (N-methyl/N-ethyl adjacent to an activating group) is 1. The van der Waals surface area contributed by atoms with E-state index >= 15 is 0 Å². The molecule has 1 amide bonds. The standard InChI is InChI=1S/C73H135N2O6P/c1-6-8-10-12-14-16-18-20-22-24-26-28-30-31-32-33-34-35-36-37-38-39-40-41-42-43-45-47-49-51-53-55-57-59-61-63-65-67-73(77)74-71(70-81-82(78,79)80-69-68-75(3,4)5)72(76)66-64-62-60-58-56-54-52-50-48-46-44-29-27-25-23-21-19-17-15-13-11-9-7-2/h8,10,14,16,20,22,26,28,48,50,56,58,64,66,71-72,76H,6-7,9,11-13,15,17-19,21,23-25,27,29-47,49,51-55,57,59-63,65,67-70H2,1-5H3,(H-,74,77,78,79)/p+1/b10-8-,16-14-,22-20-,28-26-,50-48+,58-56+,66-64+. The first-order valence-corrected chi connectivity index (χ1v) is 36.5. The molecule has 0 aliphatic carbocycles. The van der Waals surface area contributed by atoms with Crippen LogP contribution in [-0.2, 0) is 18.4 Å². The number of nitrogens with zero attached hydrogens (tertiary/aromatic N) is 1. The molecule has 0 aliphatic rings. The zero-order valence-corrected chi connectivity index (χ0v) is 55.6. The van der Waals surface area contributed by atoms with Crippen molar-refractivity contribution in [1.29, 1.82) is 0 Å². The molecule has 0 rings (SSSR count). The van der Waals surface area contributed by atoms with E-state index in [0.717, 1.165) is 70.6 Å². The Labute approximate surface area is 509 Å². The number of amides is 1. The summed E-state index contributed by atoms with van der Waals surface area (Å²) in [6.07, 6.45) is 90.3. The minimum Gasteiger partial charge on any atom is -0.387 e. The van der Waals surface area contributed by atoms with Crippen molar-refractivity contribution in [2.75, 3.05) is 40.9 Å². The summed E-state index contributed by atoms with van der Waals surface area (Å²) in [6, 6.07) is -0.873. The maximum atomic E-state index is 13.0. The number of carbonyl (C=O) groups excluding carboxylic acids is 1. The Kier molecular flexibility index (Phi) is 61.4. The minimum atomic E-state index is -4.37. The Morgan fingerprint density at radius 1 is 0.427 bits per heavy atom. The molecule has 0 fully saturated rings. The average Bonchev–Trinajstić information content (AvgIpc) is 3.47. The van der Waals surface area contributed by atoms with E-state index in [2.05, 4.69) is 92.1 Å². The molecule has 0 saturated carbocycles. The molecular formula is C73H136N2O6P+. The fraction of sp³-hybridized carbons (Fsp3) is 0.795. The van der Waals surface area contributed by atoms with E-state index in [1.807, 2.05) is 27.2 Å². The molecule has 0 bridgehead atoms. The number of quaternary nitrogens is 1. The Hall–Kier alpha value is -2.32. The van der Waals surface area contributed by atoms with Crippen LogP contribution in [0.2, 0.25) is 0 Å². The van der Waals surface area contributed by atoms with E-state index in [4.69, 9.17) is 9.05 Å². The lowest BCUT2D eigenvalue weighted by Gasteiger charge is -2.25. The molecule has 9 heteroatoms. The lowest BCUT2D eigenvalue weighted by atomic mass is 10.0. The minimum absolute atomic E-state index is 0.0528. The number of phosphoric ester groups is 1. The van der Waals surface area contributed by atoms with E-state index < -0.39 is 20.0 Å². The predicted octanol–water partition coefficient (Wildman–Crippen LogP) is 22.3. The van der Waals surface area contributed by atoms with Crippen molar-refractivity contribution in [3.63, 3.8) is 0 Å². The van der Waals surface area contributed by atoms with E-state index in [-0.39, 0.29) is 19.1 Å². The molecule has 0 aromatic carbocycles. The molecule has 478 valence electrons. The van der Waals surface area contributed by atoms with E-state index in [0.29, 0.717) is 17.4 Å². The summed E-state index contributed by atoms with van der Waals surface area (Å²) in [5, 5.41) is 14.0. The van der Waals surface area contributed by atoms with Crippen LogP contribution in [0.1, 0.15) is 322 Å². The van der Waals surface area contributed by atoms with Crippen molar-refractivity contribution >= 4 is 13.7 Å². The smallest absolute Gasteiger partial charge is 0.387 e. The summed E-state index contributed by atoms with van der Waals surface area (Å²) >= 11 is 0. The second-order valence-electron chi connectivity index (χ2n) is 24.9. The number of hydrogen-bond acceptors (Lipinski definition) is 5. The van der Waals surface area contributed by atoms with Crippen LogP contribution >= 0.6 is 7.82 Å². The zero-order valence-electron chi connectivity index (χ0n) is 54.7. The van der Waals surface area contributed by atoms with Crippen molar-refractivity contribution in [3.05, 3.63) is 85.1 Å². The summed E-state index contributed by atoms with van der Waals surface area (Å²) in [5.41, 5.74) is 0. The van der Waals surface area contributed by atoms with Crippen molar-refractivity contribution in [1.82, 2.24) is 5.32 Å². The molecule has 0 aliphatic heterocycles. The first-order chi connectivity index (χ1) is 40.0.